The van der Waals surface area contributed by atoms with Gasteiger partial charge in [-0.1, -0.05) is 19.1 Å². The lowest BCUT2D eigenvalue weighted by Crippen LogP contribution is -2.43. The SMILES string of the molecule is CCc1cccc(N(C(C)C)C(F)(F)F)c1. The van der Waals surface area contributed by atoms with Crippen LogP contribution in [0.3, 0.4) is 0 Å². The topological polar surface area (TPSA) is 3.24 Å². The Balaban J connectivity index is 3.11. The maximum Gasteiger partial charge on any atom is 0.485 e. The number of benzene rings is 1. The van der Waals surface area contributed by atoms with Crippen LogP contribution in [-0.2, 0) is 6.42 Å². The molecule has 0 saturated heterocycles. The second kappa shape index (κ2) is 4.76. The van der Waals surface area contributed by atoms with Gasteiger partial charge in [0.15, 0.2) is 0 Å². The monoisotopic (exact) mass is 231 g/mol. The summed E-state index contributed by atoms with van der Waals surface area (Å²) in [6.07, 6.45) is -3.60. The van der Waals surface area contributed by atoms with E-state index in [0.717, 1.165) is 12.0 Å². The van der Waals surface area contributed by atoms with E-state index < -0.39 is 12.3 Å². The third-order valence-corrected chi connectivity index (χ3v) is 2.39. The Morgan fingerprint density at radius 3 is 2.31 bits per heavy atom. The van der Waals surface area contributed by atoms with E-state index in [2.05, 4.69) is 0 Å². The molecule has 0 fully saturated rings. The van der Waals surface area contributed by atoms with Crippen molar-refractivity contribution >= 4 is 5.69 Å². The quantitative estimate of drug-likeness (QED) is 0.711. The first-order valence-electron chi connectivity index (χ1n) is 5.31. The maximum atomic E-state index is 12.8. The van der Waals surface area contributed by atoms with E-state index in [4.69, 9.17) is 0 Å². The van der Waals surface area contributed by atoms with E-state index >= 15 is 0 Å². The minimum absolute atomic E-state index is 0.210. The van der Waals surface area contributed by atoms with Crippen LogP contribution in [0, 0.1) is 0 Å². The predicted molar refractivity (Wildman–Crippen MR) is 59.5 cm³/mol. The van der Waals surface area contributed by atoms with Crippen LogP contribution in [0.4, 0.5) is 18.9 Å². The first kappa shape index (κ1) is 12.9. The molecule has 0 atom stereocenters. The van der Waals surface area contributed by atoms with E-state index in [9.17, 15) is 13.2 Å². The highest BCUT2D eigenvalue weighted by Crippen LogP contribution is 2.31. The molecule has 0 aromatic heterocycles. The summed E-state index contributed by atoms with van der Waals surface area (Å²) in [5, 5.41) is 0. The molecule has 0 radical (unpaired) electrons. The summed E-state index contributed by atoms with van der Waals surface area (Å²) in [6.45, 7) is 4.99. The molecule has 1 nitrogen and oxygen atoms in total. The molecule has 0 aliphatic carbocycles. The molecule has 0 unspecified atom stereocenters. The van der Waals surface area contributed by atoms with Gasteiger partial charge in [-0.15, -0.1) is 0 Å². The fourth-order valence-corrected chi connectivity index (χ4v) is 1.66. The highest BCUT2D eigenvalue weighted by Gasteiger charge is 2.39. The number of halogens is 3. The average Bonchev–Trinajstić information content (AvgIpc) is 2.15. The zero-order valence-corrected chi connectivity index (χ0v) is 9.67. The van der Waals surface area contributed by atoms with Crippen LogP contribution in [0.15, 0.2) is 24.3 Å². The molecule has 1 rings (SSSR count). The highest BCUT2D eigenvalue weighted by molar-refractivity contribution is 5.50. The Bertz CT molecular complexity index is 344. The van der Waals surface area contributed by atoms with Crippen LogP contribution in [0.2, 0.25) is 0 Å². The third-order valence-electron chi connectivity index (χ3n) is 2.39. The van der Waals surface area contributed by atoms with Crippen molar-refractivity contribution in [3.8, 4) is 0 Å². The molecule has 0 bridgehead atoms. The van der Waals surface area contributed by atoms with Crippen molar-refractivity contribution in [2.75, 3.05) is 4.90 Å². The summed E-state index contributed by atoms with van der Waals surface area (Å²) in [5.41, 5.74) is 1.12. The molecule has 0 saturated carbocycles. The standard InChI is InChI=1S/C12H16F3N/c1-4-10-6-5-7-11(8-10)16(9(2)3)12(13,14)15/h5-9H,4H2,1-3H3. The van der Waals surface area contributed by atoms with Gasteiger partial charge in [0.25, 0.3) is 0 Å². The molecular weight excluding hydrogens is 215 g/mol. The summed E-state index contributed by atoms with van der Waals surface area (Å²) in [6, 6.07) is 5.97. The fraction of sp³-hybridized carbons (Fsp3) is 0.500. The smallest absolute Gasteiger partial charge is 0.282 e. The van der Waals surface area contributed by atoms with Gasteiger partial charge in [0.1, 0.15) is 0 Å². The van der Waals surface area contributed by atoms with Gasteiger partial charge in [-0.3, -0.25) is 4.90 Å². The van der Waals surface area contributed by atoms with Crippen LogP contribution < -0.4 is 4.90 Å². The molecule has 0 amide bonds. The van der Waals surface area contributed by atoms with Crippen LogP contribution >= 0.6 is 0 Å². The lowest BCUT2D eigenvalue weighted by atomic mass is 10.1. The Morgan fingerprint density at radius 1 is 1.25 bits per heavy atom. The van der Waals surface area contributed by atoms with E-state index in [1.165, 1.54) is 19.9 Å². The third kappa shape index (κ3) is 2.90. The molecule has 0 aliphatic rings. The van der Waals surface area contributed by atoms with Gasteiger partial charge in [0.05, 0.1) is 0 Å². The molecule has 4 heteroatoms. The van der Waals surface area contributed by atoms with Crippen LogP contribution in [-0.4, -0.2) is 12.3 Å². The van der Waals surface area contributed by atoms with Crippen molar-refractivity contribution in [2.45, 2.75) is 39.5 Å². The van der Waals surface area contributed by atoms with Crippen molar-refractivity contribution in [2.24, 2.45) is 0 Å². The molecule has 90 valence electrons. The zero-order valence-electron chi connectivity index (χ0n) is 9.67. The summed E-state index contributed by atoms with van der Waals surface area (Å²) in [5.74, 6) is 0. The summed E-state index contributed by atoms with van der Waals surface area (Å²) in [4.78, 5) is 0.478. The number of anilines is 1. The summed E-state index contributed by atoms with van der Waals surface area (Å²) < 4.78 is 38.5. The Hall–Kier alpha value is -1.19. The number of aryl methyl sites for hydroxylation is 1. The molecule has 0 spiro atoms. The van der Waals surface area contributed by atoms with E-state index in [1.807, 2.05) is 13.0 Å². The largest absolute Gasteiger partial charge is 0.485 e. The van der Waals surface area contributed by atoms with Gasteiger partial charge in [0.2, 0.25) is 0 Å². The van der Waals surface area contributed by atoms with Gasteiger partial charge in [0, 0.05) is 11.7 Å². The summed E-state index contributed by atoms with van der Waals surface area (Å²) >= 11 is 0. The van der Waals surface area contributed by atoms with Crippen molar-refractivity contribution in [3.05, 3.63) is 29.8 Å². The lowest BCUT2D eigenvalue weighted by molar-refractivity contribution is -0.133. The Kier molecular flexibility index (Phi) is 3.83. The van der Waals surface area contributed by atoms with E-state index in [1.54, 1.807) is 12.1 Å². The zero-order chi connectivity index (χ0) is 12.3. The van der Waals surface area contributed by atoms with Gasteiger partial charge >= 0.3 is 6.30 Å². The molecule has 16 heavy (non-hydrogen) atoms. The number of hydrogen-bond acceptors (Lipinski definition) is 1. The average molecular weight is 231 g/mol. The lowest BCUT2D eigenvalue weighted by Gasteiger charge is -2.31. The first-order chi connectivity index (χ1) is 7.36. The van der Waals surface area contributed by atoms with Crippen molar-refractivity contribution in [1.82, 2.24) is 0 Å². The minimum Gasteiger partial charge on any atom is -0.282 e. The number of hydrogen-bond donors (Lipinski definition) is 0. The molecule has 1 aromatic rings. The Labute approximate surface area is 93.9 Å². The molecular formula is C12H16F3N. The van der Waals surface area contributed by atoms with Gasteiger partial charge in [-0.2, -0.15) is 13.2 Å². The van der Waals surface area contributed by atoms with Gasteiger partial charge in [-0.25, -0.2) is 0 Å². The van der Waals surface area contributed by atoms with Crippen molar-refractivity contribution in [1.29, 1.82) is 0 Å². The van der Waals surface area contributed by atoms with Gasteiger partial charge in [-0.05, 0) is 38.0 Å². The highest BCUT2D eigenvalue weighted by atomic mass is 19.4. The fourth-order valence-electron chi connectivity index (χ4n) is 1.66. The maximum absolute atomic E-state index is 12.8. The van der Waals surface area contributed by atoms with E-state index in [0.29, 0.717) is 4.90 Å². The van der Waals surface area contributed by atoms with E-state index in [-0.39, 0.29) is 5.69 Å². The number of nitrogens with zero attached hydrogens (tertiary/aromatic N) is 1. The normalized spacial score (nSPS) is 11.9. The predicted octanol–water partition coefficient (Wildman–Crippen LogP) is 3.98. The van der Waals surface area contributed by atoms with Crippen molar-refractivity contribution < 1.29 is 13.2 Å². The molecule has 0 heterocycles. The number of alkyl halides is 3. The molecule has 0 N–H and O–H groups in total. The Morgan fingerprint density at radius 2 is 1.88 bits per heavy atom. The minimum atomic E-state index is -4.33. The number of rotatable bonds is 3. The van der Waals surface area contributed by atoms with Crippen LogP contribution in [0.25, 0.3) is 0 Å². The second-order valence-electron chi connectivity index (χ2n) is 3.96. The molecule has 0 aliphatic heterocycles. The van der Waals surface area contributed by atoms with Crippen LogP contribution in [0.1, 0.15) is 26.3 Å². The van der Waals surface area contributed by atoms with Crippen LogP contribution in [0.5, 0.6) is 0 Å². The summed E-state index contributed by atoms with van der Waals surface area (Å²) in [7, 11) is 0. The molecule has 1 aromatic carbocycles. The van der Waals surface area contributed by atoms with Crippen molar-refractivity contribution in [3.63, 3.8) is 0 Å². The van der Waals surface area contributed by atoms with Gasteiger partial charge < -0.3 is 0 Å². The second-order valence-corrected chi connectivity index (χ2v) is 3.96. The first-order valence-corrected chi connectivity index (χ1v) is 5.31.